The SMILES string of the molecule is CCC(S)C(=O)NN. The van der Waals surface area contributed by atoms with E-state index >= 15 is 0 Å². The van der Waals surface area contributed by atoms with Gasteiger partial charge < -0.3 is 0 Å². The Kier molecular flexibility index (Phi) is 3.64. The molecule has 0 aromatic rings. The Hall–Kier alpha value is -0.220. The van der Waals surface area contributed by atoms with Gasteiger partial charge in [0.05, 0.1) is 5.25 Å². The molecular weight excluding hydrogens is 124 g/mol. The molecule has 0 aliphatic carbocycles. The molecular formula is C4H10N2OS. The van der Waals surface area contributed by atoms with Crippen molar-refractivity contribution in [1.82, 2.24) is 5.43 Å². The maximum Gasteiger partial charge on any atom is 0.246 e. The van der Waals surface area contributed by atoms with Gasteiger partial charge in [-0.15, -0.1) is 0 Å². The smallest absolute Gasteiger partial charge is 0.246 e. The van der Waals surface area contributed by atoms with Gasteiger partial charge in [0, 0.05) is 0 Å². The molecule has 0 saturated carbocycles. The molecule has 0 rings (SSSR count). The van der Waals surface area contributed by atoms with E-state index in [9.17, 15) is 4.79 Å². The number of nitrogens with two attached hydrogens (primary N) is 1. The van der Waals surface area contributed by atoms with Crippen LogP contribution in [0.1, 0.15) is 13.3 Å². The molecule has 0 saturated heterocycles. The van der Waals surface area contributed by atoms with Crippen molar-refractivity contribution >= 4 is 18.5 Å². The molecule has 0 aromatic heterocycles. The van der Waals surface area contributed by atoms with Crippen molar-refractivity contribution in [3.63, 3.8) is 0 Å². The number of carbonyl (C=O) groups excluding carboxylic acids is 1. The second-order valence-corrected chi connectivity index (χ2v) is 2.06. The first-order valence-electron chi connectivity index (χ1n) is 2.41. The monoisotopic (exact) mass is 134 g/mol. The third-order valence-corrected chi connectivity index (χ3v) is 1.43. The van der Waals surface area contributed by atoms with E-state index in [1.807, 2.05) is 12.3 Å². The predicted octanol–water partition coefficient (Wildman–Crippen LogP) is -0.315. The Labute approximate surface area is 54.0 Å². The average molecular weight is 134 g/mol. The highest BCUT2D eigenvalue weighted by Gasteiger charge is 2.07. The van der Waals surface area contributed by atoms with Gasteiger partial charge in [-0.2, -0.15) is 12.6 Å². The number of hydrogen-bond donors (Lipinski definition) is 3. The van der Waals surface area contributed by atoms with Gasteiger partial charge in [-0.3, -0.25) is 10.2 Å². The molecule has 0 radical (unpaired) electrons. The molecule has 0 heterocycles. The normalized spacial score (nSPS) is 12.9. The summed E-state index contributed by atoms with van der Waals surface area (Å²) >= 11 is 3.91. The van der Waals surface area contributed by atoms with Crippen LogP contribution in [-0.2, 0) is 4.79 Å². The second kappa shape index (κ2) is 3.74. The van der Waals surface area contributed by atoms with Crippen LogP contribution in [-0.4, -0.2) is 11.2 Å². The summed E-state index contributed by atoms with van der Waals surface area (Å²) in [7, 11) is 0. The van der Waals surface area contributed by atoms with E-state index in [1.165, 1.54) is 0 Å². The maximum absolute atomic E-state index is 10.4. The summed E-state index contributed by atoms with van der Waals surface area (Å²) in [5.74, 6) is 4.57. The number of rotatable bonds is 2. The molecule has 1 unspecified atom stereocenters. The summed E-state index contributed by atoms with van der Waals surface area (Å²) < 4.78 is 0. The zero-order valence-corrected chi connectivity index (χ0v) is 5.61. The molecule has 3 N–H and O–H groups in total. The van der Waals surface area contributed by atoms with Crippen LogP contribution >= 0.6 is 12.6 Å². The standard InChI is InChI=1S/C4H10N2OS/c1-2-3(8)4(7)6-5/h3,8H,2,5H2,1H3,(H,6,7). The minimum absolute atomic E-state index is 0.226. The fourth-order valence-corrected chi connectivity index (χ4v) is 0.356. The van der Waals surface area contributed by atoms with Crippen LogP contribution in [0.4, 0.5) is 0 Å². The van der Waals surface area contributed by atoms with E-state index in [4.69, 9.17) is 5.84 Å². The van der Waals surface area contributed by atoms with Crippen molar-refractivity contribution < 1.29 is 4.79 Å². The Morgan fingerprint density at radius 1 is 2.00 bits per heavy atom. The van der Waals surface area contributed by atoms with Crippen LogP contribution in [0.2, 0.25) is 0 Å². The van der Waals surface area contributed by atoms with E-state index in [0.29, 0.717) is 6.42 Å². The molecule has 0 aromatic carbocycles. The zero-order valence-electron chi connectivity index (χ0n) is 4.72. The Morgan fingerprint density at radius 3 is 2.62 bits per heavy atom. The summed E-state index contributed by atoms with van der Waals surface area (Å²) in [6, 6.07) is 0. The van der Waals surface area contributed by atoms with Gasteiger partial charge in [-0.25, -0.2) is 5.84 Å². The summed E-state index contributed by atoms with van der Waals surface area (Å²) in [6.45, 7) is 1.87. The van der Waals surface area contributed by atoms with Crippen molar-refractivity contribution in [2.75, 3.05) is 0 Å². The van der Waals surface area contributed by atoms with Gasteiger partial charge >= 0.3 is 0 Å². The van der Waals surface area contributed by atoms with Crippen LogP contribution in [0, 0.1) is 0 Å². The fourth-order valence-electron chi connectivity index (χ4n) is 0.282. The Bertz CT molecular complexity index is 86.1. The van der Waals surface area contributed by atoms with Crippen LogP contribution < -0.4 is 11.3 Å². The summed E-state index contributed by atoms with van der Waals surface area (Å²) in [6.07, 6.45) is 0.701. The first-order chi connectivity index (χ1) is 3.72. The lowest BCUT2D eigenvalue weighted by Crippen LogP contribution is -2.36. The first-order valence-corrected chi connectivity index (χ1v) is 2.92. The Morgan fingerprint density at radius 2 is 2.50 bits per heavy atom. The van der Waals surface area contributed by atoms with E-state index in [-0.39, 0.29) is 11.2 Å². The van der Waals surface area contributed by atoms with Crippen LogP contribution in [0.25, 0.3) is 0 Å². The lowest BCUT2D eigenvalue weighted by Gasteiger charge is -2.02. The molecule has 0 bridgehead atoms. The molecule has 0 aliphatic heterocycles. The highest BCUT2D eigenvalue weighted by Crippen LogP contribution is 1.97. The van der Waals surface area contributed by atoms with Gasteiger partial charge in [0.1, 0.15) is 0 Å². The predicted molar refractivity (Wildman–Crippen MR) is 35.4 cm³/mol. The minimum Gasteiger partial charge on any atom is -0.293 e. The van der Waals surface area contributed by atoms with E-state index < -0.39 is 0 Å². The molecule has 3 nitrogen and oxygen atoms in total. The van der Waals surface area contributed by atoms with Gasteiger partial charge in [-0.1, -0.05) is 6.92 Å². The van der Waals surface area contributed by atoms with Crippen molar-refractivity contribution in [3.8, 4) is 0 Å². The summed E-state index contributed by atoms with van der Waals surface area (Å²) in [5.41, 5.74) is 2.00. The zero-order chi connectivity index (χ0) is 6.57. The van der Waals surface area contributed by atoms with Crippen molar-refractivity contribution in [2.45, 2.75) is 18.6 Å². The largest absolute Gasteiger partial charge is 0.293 e. The number of carbonyl (C=O) groups is 1. The molecule has 1 amide bonds. The third-order valence-electron chi connectivity index (χ3n) is 0.832. The maximum atomic E-state index is 10.4. The fraction of sp³-hybridized carbons (Fsp3) is 0.750. The lowest BCUT2D eigenvalue weighted by molar-refractivity contribution is -0.120. The Balaban J connectivity index is 3.46. The van der Waals surface area contributed by atoms with Gasteiger partial charge in [0.25, 0.3) is 0 Å². The van der Waals surface area contributed by atoms with Crippen LogP contribution in [0.15, 0.2) is 0 Å². The van der Waals surface area contributed by atoms with Crippen molar-refractivity contribution in [2.24, 2.45) is 5.84 Å². The highest BCUT2D eigenvalue weighted by molar-refractivity contribution is 7.81. The average Bonchev–Trinajstić information content (AvgIpc) is 1.84. The molecule has 4 heteroatoms. The first kappa shape index (κ1) is 7.78. The van der Waals surface area contributed by atoms with Crippen LogP contribution in [0.3, 0.4) is 0 Å². The number of hydrazine groups is 1. The molecule has 1 atom stereocenters. The molecule has 48 valence electrons. The second-order valence-electron chi connectivity index (χ2n) is 1.43. The number of hydrogen-bond acceptors (Lipinski definition) is 3. The molecule has 0 fully saturated rings. The topological polar surface area (TPSA) is 55.1 Å². The minimum atomic E-state index is -0.264. The summed E-state index contributed by atoms with van der Waals surface area (Å²) in [5, 5.41) is -0.264. The van der Waals surface area contributed by atoms with Crippen molar-refractivity contribution in [1.29, 1.82) is 0 Å². The number of thiol groups is 1. The summed E-state index contributed by atoms with van der Waals surface area (Å²) in [4.78, 5) is 10.4. The van der Waals surface area contributed by atoms with Crippen LogP contribution in [0.5, 0.6) is 0 Å². The van der Waals surface area contributed by atoms with Gasteiger partial charge in [-0.05, 0) is 6.42 Å². The molecule has 8 heavy (non-hydrogen) atoms. The highest BCUT2D eigenvalue weighted by atomic mass is 32.1. The molecule has 0 spiro atoms. The van der Waals surface area contributed by atoms with E-state index in [0.717, 1.165) is 0 Å². The van der Waals surface area contributed by atoms with Crippen molar-refractivity contribution in [3.05, 3.63) is 0 Å². The molecule has 0 aliphatic rings. The quantitative estimate of drug-likeness (QED) is 0.210. The third kappa shape index (κ3) is 2.18. The number of nitrogens with one attached hydrogen (secondary N) is 1. The van der Waals surface area contributed by atoms with E-state index in [1.54, 1.807) is 0 Å². The lowest BCUT2D eigenvalue weighted by atomic mass is 10.3. The van der Waals surface area contributed by atoms with Gasteiger partial charge in [0.2, 0.25) is 5.91 Å². The van der Waals surface area contributed by atoms with Gasteiger partial charge in [0.15, 0.2) is 0 Å². The van der Waals surface area contributed by atoms with E-state index in [2.05, 4.69) is 12.6 Å². The number of amides is 1.